The van der Waals surface area contributed by atoms with Crippen LogP contribution in [0.1, 0.15) is 12.5 Å². The summed E-state index contributed by atoms with van der Waals surface area (Å²) in [6.07, 6.45) is 0. The fraction of sp³-hybridized carbons (Fsp3) is 0.333. The summed E-state index contributed by atoms with van der Waals surface area (Å²) in [5, 5.41) is 10.9. The molecule has 92 valence electrons. The van der Waals surface area contributed by atoms with E-state index in [1.807, 2.05) is 31.2 Å². The molecule has 1 unspecified atom stereocenters. The second kappa shape index (κ2) is 6.30. The first-order valence-corrected chi connectivity index (χ1v) is 6.25. The average Bonchev–Trinajstić information content (AvgIpc) is 2.28. The molecule has 0 aliphatic heterocycles. The van der Waals surface area contributed by atoms with Gasteiger partial charge in [-0.3, -0.25) is 9.59 Å². The van der Waals surface area contributed by atoms with Crippen LogP contribution in [0.3, 0.4) is 0 Å². The standard InChI is InChI=1S/C12H15NO3S/c1-8-5-3-4-6-10(8)13-12(16)9(2)17-7-11(14)15/h3-6,9H,7H2,1-2H3,(H,13,16)(H,14,15). The Morgan fingerprint density at radius 2 is 2.06 bits per heavy atom. The van der Waals surface area contributed by atoms with E-state index in [9.17, 15) is 9.59 Å². The molecule has 0 fully saturated rings. The van der Waals surface area contributed by atoms with Gasteiger partial charge in [0.2, 0.25) is 5.91 Å². The highest BCUT2D eigenvalue weighted by molar-refractivity contribution is 8.01. The van der Waals surface area contributed by atoms with E-state index in [0.717, 1.165) is 23.0 Å². The Morgan fingerprint density at radius 1 is 1.41 bits per heavy atom. The summed E-state index contributed by atoms with van der Waals surface area (Å²) >= 11 is 1.11. The highest BCUT2D eigenvalue weighted by Crippen LogP contribution is 2.16. The number of carbonyl (C=O) groups excluding carboxylic acids is 1. The van der Waals surface area contributed by atoms with Gasteiger partial charge in [0.25, 0.3) is 0 Å². The lowest BCUT2D eigenvalue weighted by Crippen LogP contribution is -2.24. The lowest BCUT2D eigenvalue weighted by Gasteiger charge is -2.12. The molecule has 5 heteroatoms. The van der Waals surface area contributed by atoms with Gasteiger partial charge >= 0.3 is 5.97 Å². The number of para-hydroxylation sites is 1. The third-order valence-electron chi connectivity index (χ3n) is 2.23. The van der Waals surface area contributed by atoms with Crippen molar-refractivity contribution in [3.8, 4) is 0 Å². The van der Waals surface area contributed by atoms with Crippen LogP contribution in [0, 0.1) is 6.92 Å². The van der Waals surface area contributed by atoms with Crippen LogP contribution in [0.5, 0.6) is 0 Å². The van der Waals surface area contributed by atoms with Gasteiger partial charge in [0.05, 0.1) is 11.0 Å². The largest absolute Gasteiger partial charge is 0.481 e. The summed E-state index contributed by atoms with van der Waals surface area (Å²) in [4.78, 5) is 22.1. The van der Waals surface area contributed by atoms with E-state index in [0.29, 0.717) is 0 Å². The summed E-state index contributed by atoms with van der Waals surface area (Å²) in [6, 6.07) is 7.47. The number of hydrogen-bond donors (Lipinski definition) is 2. The molecule has 17 heavy (non-hydrogen) atoms. The number of rotatable bonds is 5. The predicted molar refractivity (Wildman–Crippen MR) is 69.4 cm³/mol. The zero-order valence-corrected chi connectivity index (χ0v) is 10.6. The number of aryl methyl sites for hydroxylation is 1. The van der Waals surface area contributed by atoms with Crippen LogP contribution >= 0.6 is 11.8 Å². The Kier molecular flexibility index (Phi) is 5.03. The van der Waals surface area contributed by atoms with Gasteiger partial charge in [-0.15, -0.1) is 11.8 Å². The zero-order chi connectivity index (χ0) is 12.8. The van der Waals surface area contributed by atoms with Crippen molar-refractivity contribution in [2.45, 2.75) is 19.1 Å². The fourth-order valence-corrected chi connectivity index (χ4v) is 1.82. The minimum Gasteiger partial charge on any atom is -0.481 e. The number of nitrogens with one attached hydrogen (secondary N) is 1. The minimum absolute atomic E-state index is 0.0671. The summed E-state index contributed by atoms with van der Waals surface area (Å²) in [5.41, 5.74) is 1.75. The number of aliphatic carboxylic acids is 1. The molecule has 1 amide bonds. The molecule has 0 spiro atoms. The minimum atomic E-state index is -0.912. The number of hydrogen-bond acceptors (Lipinski definition) is 3. The molecule has 1 atom stereocenters. The van der Waals surface area contributed by atoms with Crippen molar-refractivity contribution in [2.24, 2.45) is 0 Å². The Bertz CT molecular complexity index is 420. The lowest BCUT2D eigenvalue weighted by molar-refractivity contribution is -0.133. The van der Waals surface area contributed by atoms with Crippen LogP contribution in [0.4, 0.5) is 5.69 Å². The maximum atomic E-state index is 11.8. The molecule has 0 aliphatic rings. The summed E-state index contributed by atoms with van der Waals surface area (Å²) in [5.74, 6) is -1.15. The normalized spacial score (nSPS) is 11.9. The third kappa shape index (κ3) is 4.48. The van der Waals surface area contributed by atoms with Gasteiger partial charge in [0.1, 0.15) is 0 Å². The summed E-state index contributed by atoms with van der Waals surface area (Å²) in [7, 11) is 0. The first-order chi connectivity index (χ1) is 8.00. The number of benzene rings is 1. The molecule has 0 saturated heterocycles. The van der Waals surface area contributed by atoms with E-state index >= 15 is 0 Å². The van der Waals surface area contributed by atoms with Crippen LogP contribution in [-0.4, -0.2) is 28.0 Å². The van der Waals surface area contributed by atoms with E-state index in [1.54, 1.807) is 6.92 Å². The van der Waals surface area contributed by atoms with Crippen molar-refractivity contribution in [2.75, 3.05) is 11.1 Å². The molecule has 1 rings (SSSR count). The van der Waals surface area contributed by atoms with Crippen molar-refractivity contribution in [3.63, 3.8) is 0 Å². The van der Waals surface area contributed by atoms with Gasteiger partial charge in [-0.1, -0.05) is 18.2 Å². The number of amides is 1. The maximum absolute atomic E-state index is 11.8. The third-order valence-corrected chi connectivity index (χ3v) is 3.36. The number of thioether (sulfide) groups is 1. The molecular formula is C12H15NO3S. The van der Waals surface area contributed by atoms with Gasteiger partial charge < -0.3 is 10.4 Å². The number of carbonyl (C=O) groups is 2. The van der Waals surface area contributed by atoms with E-state index < -0.39 is 5.97 Å². The second-order valence-corrected chi connectivity index (χ2v) is 4.98. The van der Waals surface area contributed by atoms with Crippen LogP contribution in [0.2, 0.25) is 0 Å². The highest BCUT2D eigenvalue weighted by Gasteiger charge is 2.15. The predicted octanol–water partition coefficient (Wildman–Crippen LogP) is 2.14. The summed E-state index contributed by atoms with van der Waals surface area (Å²) < 4.78 is 0. The smallest absolute Gasteiger partial charge is 0.313 e. The first-order valence-electron chi connectivity index (χ1n) is 5.20. The molecule has 1 aromatic rings. The van der Waals surface area contributed by atoms with Crippen molar-refractivity contribution < 1.29 is 14.7 Å². The molecule has 0 radical (unpaired) electrons. The van der Waals surface area contributed by atoms with E-state index in [2.05, 4.69) is 5.32 Å². The lowest BCUT2D eigenvalue weighted by atomic mass is 10.2. The number of anilines is 1. The Balaban J connectivity index is 2.54. The Hall–Kier alpha value is -1.49. The van der Waals surface area contributed by atoms with Crippen molar-refractivity contribution in [1.82, 2.24) is 0 Å². The Labute approximate surface area is 104 Å². The van der Waals surface area contributed by atoms with E-state index in [1.165, 1.54) is 0 Å². The van der Waals surface area contributed by atoms with Crippen LogP contribution in [0.15, 0.2) is 24.3 Å². The molecule has 0 heterocycles. The summed E-state index contributed by atoms with van der Waals surface area (Å²) in [6.45, 7) is 3.60. The van der Waals surface area contributed by atoms with Gasteiger partial charge in [-0.05, 0) is 25.5 Å². The van der Waals surface area contributed by atoms with Crippen molar-refractivity contribution >= 4 is 29.3 Å². The zero-order valence-electron chi connectivity index (χ0n) is 9.77. The molecule has 0 aliphatic carbocycles. The van der Waals surface area contributed by atoms with Crippen molar-refractivity contribution in [1.29, 1.82) is 0 Å². The molecule has 0 saturated carbocycles. The van der Waals surface area contributed by atoms with Crippen molar-refractivity contribution in [3.05, 3.63) is 29.8 Å². The number of carboxylic acids is 1. The fourth-order valence-electron chi connectivity index (χ4n) is 1.22. The first kappa shape index (κ1) is 13.6. The molecule has 0 bridgehead atoms. The number of carboxylic acid groups (broad SMARTS) is 1. The van der Waals surface area contributed by atoms with Gasteiger partial charge in [-0.25, -0.2) is 0 Å². The molecule has 1 aromatic carbocycles. The van der Waals surface area contributed by atoms with Gasteiger partial charge in [0, 0.05) is 5.69 Å². The molecular weight excluding hydrogens is 238 g/mol. The van der Waals surface area contributed by atoms with Crippen LogP contribution < -0.4 is 5.32 Å². The maximum Gasteiger partial charge on any atom is 0.313 e. The molecule has 4 nitrogen and oxygen atoms in total. The average molecular weight is 253 g/mol. The molecule has 2 N–H and O–H groups in total. The van der Waals surface area contributed by atoms with Crippen LogP contribution in [0.25, 0.3) is 0 Å². The van der Waals surface area contributed by atoms with E-state index in [-0.39, 0.29) is 16.9 Å². The van der Waals surface area contributed by atoms with Crippen LogP contribution in [-0.2, 0) is 9.59 Å². The Morgan fingerprint density at radius 3 is 2.65 bits per heavy atom. The van der Waals surface area contributed by atoms with Gasteiger partial charge in [0.15, 0.2) is 0 Å². The highest BCUT2D eigenvalue weighted by atomic mass is 32.2. The monoisotopic (exact) mass is 253 g/mol. The quantitative estimate of drug-likeness (QED) is 0.843. The topological polar surface area (TPSA) is 66.4 Å². The second-order valence-electron chi connectivity index (χ2n) is 3.65. The van der Waals surface area contributed by atoms with E-state index in [4.69, 9.17) is 5.11 Å². The van der Waals surface area contributed by atoms with Gasteiger partial charge in [-0.2, -0.15) is 0 Å². The SMILES string of the molecule is Cc1ccccc1NC(=O)C(C)SCC(=O)O. The molecule has 0 aromatic heterocycles.